The Hall–Kier alpha value is -1.36. The van der Waals surface area contributed by atoms with Gasteiger partial charge in [-0.3, -0.25) is 9.59 Å². The van der Waals surface area contributed by atoms with E-state index in [4.69, 9.17) is 5.11 Å². The summed E-state index contributed by atoms with van der Waals surface area (Å²) in [6.45, 7) is 0.767. The highest BCUT2D eigenvalue weighted by Crippen LogP contribution is 2.10. The normalized spacial score (nSPS) is 10.5. The van der Waals surface area contributed by atoms with Crippen LogP contribution in [0.15, 0.2) is 17.5 Å². The molecule has 0 unspecified atom stereocenters. The third-order valence-electron chi connectivity index (χ3n) is 3.55. The van der Waals surface area contributed by atoms with Crippen LogP contribution in [0.2, 0.25) is 0 Å². The maximum atomic E-state index is 11.6. The second-order valence-corrected chi connectivity index (χ2v) is 6.61. The minimum Gasteiger partial charge on any atom is -0.481 e. The number of carbonyl (C=O) groups excluding carboxylic acids is 1. The highest BCUT2D eigenvalue weighted by atomic mass is 32.1. The molecule has 0 aromatic carbocycles. The number of nitrogens with one attached hydrogen (secondary N) is 1. The average Bonchev–Trinajstić information content (AvgIpc) is 2.97. The Morgan fingerprint density at radius 3 is 2.23 bits per heavy atom. The molecule has 0 radical (unpaired) electrons. The lowest BCUT2D eigenvalue weighted by Crippen LogP contribution is -2.25. The molecule has 4 nitrogen and oxygen atoms in total. The summed E-state index contributed by atoms with van der Waals surface area (Å²) in [5.74, 6) is -0.581. The van der Waals surface area contributed by atoms with Crippen molar-refractivity contribution in [2.75, 3.05) is 6.54 Å². The van der Waals surface area contributed by atoms with Gasteiger partial charge in [-0.1, -0.05) is 44.6 Å². The second kappa shape index (κ2) is 12.2. The number of amides is 1. The van der Waals surface area contributed by atoms with E-state index in [0.29, 0.717) is 12.8 Å². The third-order valence-corrected chi connectivity index (χ3v) is 4.43. The summed E-state index contributed by atoms with van der Waals surface area (Å²) >= 11 is 1.62. The number of carboxylic acids is 1. The number of rotatable bonds is 13. The molecule has 5 heteroatoms. The van der Waals surface area contributed by atoms with Crippen molar-refractivity contribution < 1.29 is 14.7 Å². The molecule has 1 aromatic heterocycles. The fourth-order valence-electron chi connectivity index (χ4n) is 2.32. The SMILES string of the molecule is O=C(O)CCCCCCCCCCNC(=O)Cc1cccs1. The van der Waals surface area contributed by atoms with Gasteiger partial charge >= 0.3 is 5.97 Å². The molecule has 0 aliphatic rings. The molecule has 0 fully saturated rings. The standard InChI is InChI=1S/C17H27NO3S/c19-16(14-15-10-9-13-22-15)18-12-8-6-4-2-1-3-5-7-11-17(20)21/h9-10,13H,1-8,11-12,14H2,(H,18,19)(H,20,21). The third kappa shape index (κ3) is 10.4. The molecule has 0 spiro atoms. The molecule has 1 rings (SSSR count). The van der Waals surface area contributed by atoms with Crippen LogP contribution in [0.1, 0.15) is 62.7 Å². The summed E-state index contributed by atoms with van der Waals surface area (Å²) in [6, 6.07) is 3.95. The molecule has 0 saturated heterocycles. The first-order valence-corrected chi connectivity index (χ1v) is 9.07. The summed E-state index contributed by atoms with van der Waals surface area (Å²) in [6.07, 6.45) is 9.50. The maximum absolute atomic E-state index is 11.6. The van der Waals surface area contributed by atoms with Crippen LogP contribution in [-0.4, -0.2) is 23.5 Å². The van der Waals surface area contributed by atoms with Crippen LogP contribution in [0.3, 0.4) is 0 Å². The van der Waals surface area contributed by atoms with Gasteiger partial charge in [0, 0.05) is 17.8 Å². The van der Waals surface area contributed by atoms with Crippen LogP contribution in [0.5, 0.6) is 0 Å². The largest absolute Gasteiger partial charge is 0.481 e. The number of aliphatic carboxylic acids is 1. The van der Waals surface area contributed by atoms with Gasteiger partial charge in [0.2, 0.25) is 5.91 Å². The van der Waals surface area contributed by atoms with Gasteiger partial charge < -0.3 is 10.4 Å². The molecule has 0 atom stereocenters. The van der Waals surface area contributed by atoms with Crippen molar-refractivity contribution in [1.29, 1.82) is 0 Å². The molecule has 2 N–H and O–H groups in total. The van der Waals surface area contributed by atoms with Gasteiger partial charge in [0.25, 0.3) is 0 Å². The van der Waals surface area contributed by atoms with E-state index in [1.807, 2.05) is 17.5 Å². The summed E-state index contributed by atoms with van der Waals surface area (Å²) < 4.78 is 0. The van der Waals surface area contributed by atoms with E-state index >= 15 is 0 Å². The van der Waals surface area contributed by atoms with Crippen LogP contribution in [0, 0.1) is 0 Å². The average molecular weight is 325 g/mol. The Morgan fingerprint density at radius 1 is 1.00 bits per heavy atom. The number of hydrogen-bond donors (Lipinski definition) is 2. The van der Waals surface area contributed by atoms with E-state index in [-0.39, 0.29) is 5.91 Å². The van der Waals surface area contributed by atoms with Crippen LogP contribution in [0.25, 0.3) is 0 Å². The lowest BCUT2D eigenvalue weighted by Gasteiger charge is -2.04. The molecule has 1 heterocycles. The van der Waals surface area contributed by atoms with Crippen molar-refractivity contribution >= 4 is 23.2 Å². The van der Waals surface area contributed by atoms with E-state index in [1.165, 1.54) is 19.3 Å². The van der Waals surface area contributed by atoms with Gasteiger partial charge in [0.15, 0.2) is 0 Å². The monoisotopic (exact) mass is 325 g/mol. The highest BCUT2D eigenvalue weighted by molar-refractivity contribution is 7.10. The van der Waals surface area contributed by atoms with Crippen molar-refractivity contribution in [1.82, 2.24) is 5.32 Å². The Bertz CT molecular complexity index is 418. The van der Waals surface area contributed by atoms with Gasteiger partial charge in [-0.15, -0.1) is 11.3 Å². The molecular weight excluding hydrogens is 298 g/mol. The lowest BCUT2D eigenvalue weighted by atomic mass is 10.1. The first-order chi connectivity index (χ1) is 10.7. The lowest BCUT2D eigenvalue weighted by molar-refractivity contribution is -0.137. The van der Waals surface area contributed by atoms with Crippen molar-refractivity contribution in [3.8, 4) is 0 Å². The summed E-state index contributed by atoms with van der Waals surface area (Å²) in [5, 5.41) is 13.5. The van der Waals surface area contributed by atoms with Crippen LogP contribution >= 0.6 is 11.3 Å². The topological polar surface area (TPSA) is 66.4 Å². The smallest absolute Gasteiger partial charge is 0.303 e. The molecule has 1 aromatic rings. The Kier molecular flexibility index (Phi) is 10.4. The van der Waals surface area contributed by atoms with E-state index in [2.05, 4.69) is 5.32 Å². The second-order valence-electron chi connectivity index (χ2n) is 5.58. The molecule has 0 aliphatic carbocycles. The van der Waals surface area contributed by atoms with Crippen LogP contribution in [-0.2, 0) is 16.0 Å². The minimum atomic E-state index is -0.693. The van der Waals surface area contributed by atoms with Gasteiger partial charge in [0.1, 0.15) is 0 Å². The van der Waals surface area contributed by atoms with E-state index in [0.717, 1.165) is 43.5 Å². The minimum absolute atomic E-state index is 0.112. The fraction of sp³-hybridized carbons (Fsp3) is 0.647. The number of hydrogen-bond acceptors (Lipinski definition) is 3. The van der Waals surface area contributed by atoms with Crippen LogP contribution < -0.4 is 5.32 Å². The first kappa shape index (κ1) is 18.7. The summed E-state index contributed by atoms with van der Waals surface area (Å²) in [4.78, 5) is 23.1. The number of carbonyl (C=O) groups is 2. The summed E-state index contributed by atoms with van der Waals surface area (Å²) in [5.41, 5.74) is 0. The number of thiophene rings is 1. The van der Waals surface area contributed by atoms with Crippen LogP contribution in [0.4, 0.5) is 0 Å². The van der Waals surface area contributed by atoms with E-state index in [9.17, 15) is 9.59 Å². The van der Waals surface area contributed by atoms with Crippen molar-refractivity contribution in [3.05, 3.63) is 22.4 Å². The van der Waals surface area contributed by atoms with E-state index < -0.39 is 5.97 Å². The zero-order valence-electron chi connectivity index (χ0n) is 13.2. The van der Waals surface area contributed by atoms with Crippen molar-refractivity contribution in [3.63, 3.8) is 0 Å². The Balaban J connectivity index is 1.81. The molecule has 124 valence electrons. The quantitative estimate of drug-likeness (QED) is 0.539. The van der Waals surface area contributed by atoms with Crippen molar-refractivity contribution in [2.45, 2.75) is 64.2 Å². The molecule has 0 aliphatic heterocycles. The van der Waals surface area contributed by atoms with Gasteiger partial charge in [-0.05, 0) is 24.3 Å². The van der Waals surface area contributed by atoms with Gasteiger partial charge in [0.05, 0.1) is 6.42 Å². The zero-order valence-corrected chi connectivity index (χ0v) is 14.0. The molecule has 0 bridgehead atoms. The Morgan fingerprint density at radius 2 is 1.64 bits per heavy atom. The molecule has 1 amide bonds. The predicted octanol–water partition coefficient (Wildman–Crippen LogP) is 4.00. The van der Waals surface area contributed by atoms with Gasteiger partial charge in [-0.2, -0.15) is 0 Å². The van der Waals surface area contributed by atoms with Gasteiger partial charge in [-0.25, -0.2) is 0 Å². The predicted molar refractivity (Wildman–Crippen MR) is 90.2 cm³/mol. The molecule has 0 saturated carbocycles. The van der Waals surface area contributed by atoms with E-state index in [1.54, 1.807) is 11.3 Å². The Labute approximate surface area is 136 Å². The first-order valence-electron chi connectivity index (χ1n) is 8.19. The number of carboxylic acid groups (broad SMARTS) is 1. The number of unbranched alkanes of at least 4 members (excludes halogenated alkanes) is 7. The molecular formula is C17H27NO3S. The van der Waals surface area contributed by atoms with Crippen molar-refractivity contribution in [2.24, 2.45) is 0 Å². The fourth-order valence-corrected chi connectivity index (χ4v) is 3.03. The highest BCUT2D eigenvalue weighted by Gasteiger charge is 2.03. The molecule has 22 heavy (non-hydrogen) atoms. The zero-order chi connectivity index (χ0) is 16.0. The summed E-state index contributed by atoms with van der Waals surface area (Å²) in [7, 11) is 0. The maximum Gasteiger partial charge on any atom is 0.303 e.